The zero-order valence-corrected chi connectivity index (χ0v) is 15.3. The Bertz CT molecular complexity index is 1120. The number of carbonyl (C=O) groups excluding carboxylic acids is 1. The molecule has 0 aliphatic rings. The van der Waals surface area contributed by atoms with Gasteiger partial charge in [-0.25, -0.2) is 9.67 Å². The van der Waals surface area contributed by atoms with Crippen molar-refractivity contribution in [3.8, 4) is 5.75 Å². The quantitative estimate of drug-likeness (QED) is 0.585. The molecule has 4 aromatic rings. The summed E-state index contributed by atoms with van der Waals surface area (Å²) in [4.78, 5) is 17.1. The lowest BCUT2D eigenvalue weighted by Crippen LogP contribution is -2.20. The van der Waals surface area contributed by atoms with Crippen LogP contribution in [-0.2, 0) is 11.3 Å². The van der Waals surface area contributed by atoms with Gasteiger partial charge in [-0.15, -0.1) is 0 Å². The molecule has 0 bridgehead atoms. The van der Waals surface area contributed by atoms with Crippen molar-refractivity contribution in [2.45, 2.75) is 20.4 Å². The number of hydrogen-bond acceptors (Lipinski definition) is 4. The van der Waals surface area contributed by atoms with Crippen molar-refractivity contribution in [2.24, 2.45) is 0 Å². The normalized spacial score (nSPS) is 11.0. The molecule has 2 aromatic heterocycles. The van der Waals surface area contributed by atoms with Crippen LogP contribution in [0.2, 0.25) is 0 Å². The second-order valence-electron chi connectivity index (χ2n) is 6.37. The van der Waals surface area contributed by atoms with E-state index in [2.05, 4.69) is 16.5 Å². The summed E-state index contributed by atoms with van der Waals surface area (Å²) in [6.45, 7) is 4.63. The van der Waals surface area contributed by atoms with E-state index in [1.807, 2.05) is 62.4 Å². The van der Waals surface area contributed by atoms with E-state index in [4.69, 9.17) is 9.72 Å². The van der Waals surface area contributed by atoms with Gasteiger partial charge in [-0.3, -0.25) is 4.79 Å². The van der Waals surface area contributed by atoms with Gasteiger partial charge in [-0.2, -0.15) is 5.10 Å². The van der Waals surface area contributed by atoms with E-state index in [1.54, 1.807) is 4.68 Å². The summed E-state index contributed by atoms with van der Waals surface area (Å²) in [5.41, 5.74) is 2.83. The van der Waals surface area contributed by atoms with Crippen molar-refractivity contribution in [1.29, 1.82) is 0 Å². The molecule has 1 amide bonds. The first-order valence-corrected chi connectivity index (χ1v) is 8.89. The largest absolute Gasteiger partial charge is 0.484 e. The van der Waals surface area contributed by atoms with Crippen molar-refractivity contribution in [3.05, 3.63) is 60.2 Å². The smallest absolute Gasteiger partial charge is 0.263 e. The Morgan fingerprint density at radius 2 is 1.96 bits per heavy atom. The van der Waals surface area contributed by atoms with Crippen LogP contribution >= 0.6 is 0 Å². The summed E-state index contributed by atoms with van der Waals surface area (Å²) in [5.74, 6) is 0.898. The Morgan fingerprint density at radius 1 is 1.15 bits per heavy atom. The van der Waals surface area contributed by atoms with E-state index < -0.39 is 0 Å². The fourth-order valence-corrected chi connectivity index (χ4v) is 3.03. The lowest BCUT2D eigenvalue weighted by molar-refractivity contribution is -0.118. The fourth-order valence-electron chi connectivity index (χ4n) is 3.03. The minimum atomic E-state index is -0.258. The van der Waals surface area contributed by atoms with Crippen LogP contribution in [0.15, 0.2) is 54.6 Å². The number of fused-ring (bicyclic) bond motifs is 2. The number of carbonyl (C=O) groups is 1. The summed E-state index contributed by atoms with van der Waals surface area (Å²) in [5, 5.41) is 9.21. The van der Waals surface area contributed by atoms with Crippen LogP contribution in [-0.4, -0.2) is 27.3 Å². The van der Waals surface area contributed by atoms with Gasteiger partial charge < -0.3 is 10.1 Å². The molecule has 1 N–H and O–H groups in total. The molecule has 0 saturated heterocycles. The van der Waals surface area contributed by atoms with Gasteiger partial charge >= 0.3 is 0 Å². The highest BCUT2D eigenvalue weighted by Gasteiger charge is 2.15. The molecule has 6 nitrogen and oxygen atoms in total. The molecule has 0 aliphatic heterocycles. The second kappa shape index (κ2) is 7.07. The maximum absolute atomic E-state index is 12.3. The Balaban J connectivity index is 1.63. The van der Waals surface area contributed by atoms with Crippen LogP contribution in [0.1, 0.15) is 12.5 Å². The fraction of sp³-hybridized carbons (Fsp3) is 0.190. The maximum Gasteiger partial charge on any atom is 0.263 e. The van der Waals surface area contributed by atoms with Crippen LogP contribution in [0.3, 0.4) is 0 Å². The van der Waals surface area contributed by atoms with Crippen LogP contribution in [0.4, 0.5) is 5.82 Å². The highest BCUT2D eigenvalue weighted by molar-refractivity contribution is 6.03. The highest BCUT2D eigenvalue weighted by Crippen LogP contribution is 2.26. The average molecular weight is 360 g/mol. The number of pyridine rings is 1. The Kier molecular flexibility index (Phi) is 4.46. The first-order chi connectivity index (χ1) is 13.1. The third-order valence-electron chi connectivity index (χ3n) is 4.34. The van der Waals surface area contributed by atoms with Crippen molar-refractivity contribution < 1.29 is 9.53 Å². The number of nitrogens with zero attached hydrogens (tertiary/aromatic N) is 3. The third-order valence-corrected chi connectivity index (χ3v) is 4.34. The number of amides is 1. The number of aryl methyl sites for hydroxylation is 2. The minimum Gasteiger partial charge on any atom is -0.484 e. The molecule has 0 fully saturated rings. The van der Waals surface area contributed by atoms with E-state index in [0.717, 1.165) is 27.5 Å². The zero-order valence-electron chi connectivity index (χ0n) is 15.3. The Morgan fingerprint density at radius 3 is 2.74 bits per heavy atom. The van der Waals surface area contributed by atoms with Crippen molar-refractivity contribution in [3.63, 3.8) is 0 Å². The molecule has 0 atom stereocenters. The minimum absolute atomic E-state index is 0.0788. The molecule has 2 heterocycles. The van der Waals surface area contributed by atoms with Gasteiger partial charge in [-0.05, 0) is 44.2 Å². The number of rotatable bonds is 5. The van der Waals surface area contributed by atoms with Gasteiger partial charge in [-0.1, -0.05) is 29.8 Å². The predicted molar refractivity (Wildman–Crippen MR) is 106 cm³/mol. The van der Waals surface area contributed by atoms with Gasteiger partial charge in [0.15, 0.2) is 18.1 Å². The van der Waals surface area contributed by atoms with E-state index in [9.17, 15) is 4.79 Å². The molecular weight excluding hydrogens is 340 g/mol. The van der Waals surface area contributed by atoms with E-state index in [1.165, 1.54) is 0 Å². The lowest BCUT2D eigenvalue weighted by atomic mass is 10.1. The van der Waals surface area contributed by atoms with Crippen molar-refractivity contribution >= 4 is 33.7 Å². The monoisotopic (exact) mass is 360 g/mol. The van der Waals surface area contributed by atoms with Gasteiger partial charge in [0, 0.05) is 11.9 Å². The van der Waals surface area contributed by atoms with Crippen molar-refractivity contribution in [1.82, 2.24) is 14.8 Å². The number of benzene rings is 2. The summed E-state index contributed by atoms with van der Waals surface area (Å²) in [6.07, 6.45) is 0. The Hall–Kier alpha value is -3.41. The number of aromatic nitrogens is 3. The van der Waals surface area contributed by atoms with Crippen molar-refractivity contribution in [2.75, 3.05) is 11.9 Å². The summed E-state index contributed by atoms with van der Waals surface area (Å²) >= 11 is 0. The molecule has 0 radical (unpaired) electrons. The number of nitrogens with one attached hydrogen (secondary N) is 1. The molecule has 136 valence electrons. The number of hydrogen-bond donors (Lipinski definition) is 1. The number of ether oxygens (including phenoxy) is 1. The second-order valence-corrected chi connectivity index (χ2v) is 6.37. The van der Waals surface area contributed by atoms with Gasteiger partial charge in [0.2, 0.25) is 0 Å². The standard InChI is InChI=1S/C21H20N4O2/c1-3-25-21-17(12-15-11-14(2)9-10-18(15)22-21)20(24-25)23-19(26)13-27-16-7-5-4-6-8-16/h4-12H,3,13H2,1-2H3,(H,23,24,26). The van der Waals surface area contributed by atoms with Crippen LogP contribution in [0.5, 0.6) is 5.75 Å². The maximum atomic E-state index is 12.3. The molecule has 0 unspecified atom stereocenters. The molecule has 0 aliphatic carbocycles. The highest BCUT2D eigenvalue weighted by atomic mass is 16.5. The zero-order chi connectivity index (χ0) is 18.8. The summed E-state index contributed by atoms with van der Waals surface area (Å²) in [6, 6.07) is 17.4. The van der Waals surface area contributed by atoms with Crippen LogP contribution < -0.4 is 10.1 Å². The summed E-state index contributed by atoms with van der Waals surface area (Å²) < 4.78 is 7.30. The predicted octanol–water partition coefficient (Wildman–Crippen LogP) is 3.93. The average Bonchev–Trinajstić information content (AvgIpc) is 3.02. The molecule has 27 heavy (non-hydrogen) atoms. The van der Waals surface area contributed by atoms with E-state index in [-0.39, 0.29) is 12.5 Å². The molecule has 0 saturated carbocycles. The topological polar surface area (TPSA) is 69.0 Å². The van der Waals surface area contributed by atoms with Gasteiger partial charge in [0.05, 0.1) is 10.9 Å². The van der Waals surface area contributed by atoms with Gasteiger partial charge in [0.25, 0.3) is 5.91 Å². The number of para-hydroxylation sites is 1. The SMILES string of the molecule is CCn1nc(NC(=O)COc2ccccc2)c2cc3cc(C)ccc3nc21. The number of anilines is 1. The molecule has 2 aromatic carbocycles. The first-order valence-electron chi connectivity index (χ1n) is 8.89. The van der Waals surface area contributed by atoms with Crippen LogP contribution in [0.25, 0.3) is 21.9 Å². The molecule has 6 heteroatoms. The summed E-state index contributed by atoms with van der Waals surface area (Å²) in [7, 11) is 0. The lowest BCUT2D eigenvalue weighted by Gasteiger charge is -2.06. The third kappa shape index (κ3) is 3.46. The Labute approximate surface area is 156 Å². The molecular formula is C21H20N4O2. The van der Waals surface area contributed by atoms with E-state index in [0.29, 0.717) is 18.1 Å². The van der Waals surface area contributed by atoms with Crippen LogP contribution in [0, 0.1) is 6.92 Å². The van der Waals surface area contributed by atoms with E-state index >= 15 is 0 Å². The molecule has 0 spiro atoms. The molecule has 4 rings (SSSR count). The van der Waals surface area contributed by atoms with Gasteiger partial charge in [0.1, 0.15) is 5.75 Å². The first kappa shape index (κ1) is 17.0.